The first-order valence-corrected chi connectivity index (χ1v) is 9.25. The lowest BCUT2D eigenvalue weighted by molar-refractivity contribution is -0.143. The first-order chi connectivity index (χ1) is 13.0. The predicted octanol–water partition coefficient (Wildman–Crippen LogP) is -2.35. The number of nitrogens with one attached hydrogen (secondary N) is 3. The van der Waals surface area contributed by atoms with Gasteiger partial charge in [0.25, 0.3) is 0 Å². The molecule has 0 rings (SSSR count). The molecule has 11 nitrogen and oxygen atoms in total. The summed E-state index contributed by atoms with van der Waals surface area (Å²) in [5.74, 6) is -3.49. The Morgan fingerprint density at radius 1 is 1.00 bits per heavy atom. The molecule has 0 aromatic rings. The molecule has 0 aliphatic carbocycles. The zero-order valence-corrected chi connectivity index (χ0v) is 16.6. The van der Waals surface area contributed by atoms with Gasteiger partial charge in [0.15, 0.2) is 0 Å². The Labute approximate surface area is 164 Å². The van der Waals surface area contributed by atoms with E-state index in [1.165, 1.54) is 6.92 Å². The highest BCUT2D eigenvalue weighted by atomic mass is 16.4. The molecule has 28 heavy (non-hydrogen) atoms. The highest BCUT2D eigenvalue weighted by Gasteiger charge is 2.28. The Morgan fingerprint density at radius 3 is 2.07 bits per heavy atom. The summed E-state index contributed by atoms with van der Waals surface area (Å²) < 4.78 is 0. The van der Waals surface area contributed by atoms with Crippen LogP contribution in [-0.4, -0.2) is 71.2 Å². The van der Waals surface area contributed by atoms with Gasteiger partial charge in [0.2, 0.25) is 17.7 Å². The summed E-state index contributed by atoms with van der Waals surface area (Å²) in [4.78, 5) is 47.5. The van der Waals surface area contributed by atoms with Gasteiger partial charge in [-0.1, -0.05) is 13.8 Å². The molecule has 11 heteroatoms. The number of aliphatic hydroxyl groups is 1. The second kappa shape index (κ2) is 13.0. The van der Waals surface area contributed by atoms with Gasteiger partial charge in [-0.3, -0.25) is 14.4 Å². The van der Waals surface area contributed by atoms with Crippen molar-refractivity contribution in [2.45, 2.75) is 64.3 Å². The van der Waals surface area contributed by atoms with Crippen molar-refractivity contribution in [3.8, 4) is 0 Å². The highest BCUT2D eigenvalue weighted by molar-refractivity contribution is 5.92. The first-order valence-electron chi connectivity index (χ1n) is 9.25. The quantitative estimate of drug-likeness (QED) is 0.166. The van der Waals surface area contributed by atoms with E-state index in [2.05, 4.69) is 16.0 Å². The maximum absolute atomic E-state index is 12.5. The molecule has 4 atom stereocenters. The van der Waals surface area contributed by atoms with Crippen molar-refractivity contribution in [3.63, 3.8) is 0 Å². The molecule has 0 fully saturated rings. The normalized spacial score (nSPS) is 15.2. The zero-order valence-electron chi connectivity index (χ0n) is 16.6. The first kappa shape index (κ1) is 25.8. The van der Waals surface area contributed by atoms with E-state index < -0.39 is 54.5 Å². The maximum Gasteiger partial charge on any atom is 0.326 e. The SMILES string of the molecule is CC(C)C(NC(=O)C(CCCCN)NC(=O)CNC(=O)C(N)C(C)O)C(=O)O. The van der Waals surface area contributed by atoms with Crippen LogP contribution in [0.1, 0.15) is 40.0 Å². The van der Waals surface area contributed by atoms with Gasteiger partial charge in [0.05, 0.1) is 12.6 Å². The molecule has 0 bridgehead atoms. The van der Waals surface area contributed by atoms with Gasteiger partial charge in [0, 0.05) is 0 Å². The minimum Gasteiger partial charge on any atom is -0.480 e. The number of rotatable bonds is 13. The molecule has 0 spiro atoms. The van der Waals surface area contributed by atoms with Gasteiger partial charge >= 0.3 is 5.97 Å². The van der Waals surface area contributed by atoms with E-state index in [1.807, 2.05) is 0 Å². The molecule has 0 saturated carbocycles. The highest BCUT2D eigenvalue weighted by Crippen LogP contribution is 2.05. The van der Waals surface area contributed by atoms with Gasteiger partial charge in [0.1, 0.15) is 18.1 Å². The smallest absolute Gasteiger partial charge is 0.326 e. The van der Waals surface area contributed by atoms with E-state index in [9.17, 15) is 29.4 Å². The van der Waals surface area contributed by atoms with Crippen LogP contribution in [0.25, 0.3) is 0 Å². The van der Waals surface area contributed by atoms with E-state index >= 15 is 0 Å². The second-order valence-electron chi connectivity index (χ2n) is 6.96. The van der Waals surface area contributed by atoms with Gasteiger partial charge in [-0.05, 0) is 38.6 Å². The van der Waals surface area contributed by atoms with Crippen LogP contribution >= 0.6 is 0 Å². The molecule has 0 aliphatic heterocycles. The fraction of sp³-hybridized carbons (Fsp3) is 0.765. The molecule has 0 radical (unpaired) electrons. The number of amides is 3. The Bertz CT molecular complexity index is 540. The molecule has 3 amide bonds. The number of carbonyl (C=O) groups is 4. The summed E-state index contributed by atoms with van der Waals surface area (Å²) in [6.45, 7) is 4.63. The summed E-state index contributed by atoms with van der Waals surface area (Å²) >= 11 is 0. The molecule has 0 aromatic heterocycles. The Kier molecular flexibility index (Phi) is 12.0. The molecular weight excluding hydrogens is 370 g/mol. The summed E-state index contributed by atoms with van der Waals surface area (Å²) in [5, 5.41) is 25.7. The van der Waals surface area contributed by atoms with Crippen LogP contribution in [0.3, 0.4) is 0 Å². The van der Waals surface area contributed by atoms with Crippen molar-refractivity contribution in [2.24, 2.45) is 17.4 Å². The van der Waals surface area contributed by atoms with Crippen molar-refractivity contribution < 1.29 is 29.4 Å². The lowest BCUT2D eigenvalue weighted by atomic mass is 10.0. The Hall–Kier alpha value is -2.24. The van der Waals surface area contributed by atoms with Crippen molar-refractivity contribution >= 4 is 23.7 Å². The van der Waals surface area contributed by atoms with Crippen LogP contribution in [0, 0.1) is 5.92 Å². The van der Waals surface area contributed by atoms with E-state index in [4.69, 9.17) is 11.5 Å². The lowest BCUT2D eigenvalue weighted by Gasteiger charge is -2.23. The second-order valence-corrected chi connectivity index (χ2v) is 6.96. The van der Waals surface area contributed by atoms with Crippen molar-refractivity contribution in [1.29, 1.82) is 0 Å². The maximum atomic E-state index is 12.5. The van der Waals surface area contributed by atoms with Gasteiger partial charge < -0.3 is 37.6 Å². The molecule has 162 valence electrons. The third-order valence-electron chi connectivity index (χ3n) is 4.07. The number of hydrogen-bond acceptors (Lipinski definition) is 7. The van der Waals surface area contributed by atoms with Crippen LogP contribution in [0.2, 0.25) is 0 Å². The molecule has 9 N–H and O–H groups in total. The van der Waals surface area contributed by atoms with E-state index in [1.54, 1.807) is 13.8 Å². The summed E-state index contributed by atoms with van der Waals surface area (Å²) in [5.41, 5.74) is 10.9. The van der Waals surface area contributed by atoms with Crippen LogP contribution in [0.15, 0.2) is 0 Å². The van der Waals surface area contributed by atoms with E-state index in [0.29, 0.717) is 19.4 Å². The molecule has 4 unspecified atom stereocenters. The van der Waals surface area contributed by atoms with Gasteiger partial charge in [-0.2, -0.15) is 0 Å². The van der Waals surface area contributed by atoms with Crippen molar-refractivity contribution in [3.05, 3.63) is 0 Å². The van der Waals surface area contributed by atoms with Crippen LogP contribution in [-0.2, 0) is 19.2 Å². The number of carboxylic acids is 1. The standard InChI is InChI=1S/C17H33N5O6/c1-9(2)14(17(27)28)22-15(25)11(6-4-5-7-18)21-12(24)8-20-16(26)13(19)10(3)23/h9-11,13-14,23H,4-8,18-19H2,1-3H3,(H,20,26)(H,21,24)(H,22,25)(H,27,28). The Balaban J connectivity index is 4.90. The summed E-state index contributed by atoms with van der Waals surface area (Å²) in [6.07, 6.45) is 0.363. The van der Waals surface area contributed by atoms with Crippen molar-refractivity contribution in [2.75, 3.05) is 13.1 Å². The fourth-order valence-electron chi connectivity index (χ4n) is 2.28. The Morgan fingerprint density at radius 2 is 1.61 bits per heavy atom. The van der Waals surface area contributed by atoms with Gasteiger partial charge in [-0.25, -0.2) is 4.79 Å². The summed E-state index contributed by atoms with van der Waals surface area (Å²) in [7, 11) is 0. The van der Waals surface area contributed by atoms with Crippen molar-refractivity contribution in [1.82, 2.24) is 16.0 Å². The number of aliphatic hydroxyl groups excluding tert-OH is 1. The lowest BCUT2D eigenvalue weighted by Crippen LogP contribution is -2.55. The number of aliphatic carboxylic acids is 1. The third kappa shape index (κ3) is 9.62. The average molecular weight is 403 g/mol. The number of hydrogen-bond donors (Lipinski definition) is 7. The third-order valence-corrected chi connectivity index (χ3v) is 4.07. The van der Waals surface area contributed by atoms with E-state index in [0.717, 1.165) is 0 Å². The molecule has 0 heterocycles. The minimum atomic E-state index is -1.18. The topological polar surface area (TPSA) is 197 Å². The minimum absolute atomic E-state index is 0.264. The monoisotopic (exact) mass is 403 g/mol. The van der Waals surface area contributed by atoms with Crippen LogP contribution < -0.4 is 27.4 Å². The molecule has 0 aliphatic rings. The fourth-order valence-corrected chi connectivity index (χ4v) is 2.28. The number of unbranched alkanes of at least 4 members (excludes halogenated alkanes) is 1. The van der Waals surface area contributed by atoms with Crippen LogP contribution in [0.5, 0.6) is 0 Å². The average Bonchev–Trinajstić information content (AvgIpc) is 2.61. The molecular formula is C17H33N5O6. The largest absolute Gasteiger partial charge is 0.480 e. The summed E-state index contributed by atoms with van der Waals surface area (Å²) in [6, 6.07) is -3.24. The van der Waals surface area contributed by atoms with Crippen LogP contribution in [0.4, 0.5) is 0 Å². The molecule has 0 aromatic carbocycles. The molecule has 0 saturated heterocycles. The van der Waals surface area contributed by atoms with Gasteiger partial charge in [-0.15, -0.1) is 0 Å². The predicted molar refractivity (Wildman–Crippen MR) is 102 cm³/mol. The number of carboxylic acid groups (broad SMARTS) is 1. The van der Waals surface area contributed by atoms with E-state index in [-0.39, 0.29) is 12.3 Å². The zero-order chi connectivity index (χ0) is 21.9. The number of carbonyl (C=O) groups excluding carboxylic acids is 3. The number of nitrogens with two attached hydrogens (primary N) is 2.